The van der Waals surface area contributed by atoms with Gasteiger partial charge in [-0.1, -0.05) is 32.9 Å². The van der Waals surface area contributed by atoms with Gasteiger partial charge in [-0.25, -0.2) is 13.4 Å². The Balaban J connectivity index is 1.18. The third kappa shape index (κ3) is 7.72. The zero-order valence-electron chi connectivity index (χ0n) is 30.8. The van der Waals surface area contributed by atoms with E-state index in [0.717, 1.165) is 19.3 Å². The summed E-state index contributed by atoms with van der Waals surface area (Å²) in [5.41, 5.74) is -0.961. The van der Waals surface area contributed by atoms with Gasteiger partial charge in [0.1, 0.15) is 28.1 Å². The molecule has 0 bridgehead atoms. The predicted octanol–water partition coefficient (Wildman–Crippen LogP) is 3.84. The minimum Gasteiger partial charge on any atom is -0.471 e. The Hall–Kier alpha value is -4.44. The van der Waals surface area contributed by atoms with Crippen LogP contribution < -0.4 is 14.8 Å². The predicted molar refractivity (Wildman–Crippen MR) is 202 cm³/mol. The number of piperidine rings is 1. The van der Waals surface area contributed by atoms with Crippen LogP contribution in [0.2, 0.25) is 0 Å². The molecule has 1 unspecified atom stereocenters. The largest absolute Gasteiger partial charge is 0.471 e. The Kier molecular flexibility index (Phi) is 10.3. The van der Waals surface area contributed by atoms with Crippen LogP contribution in [0.3, 0.4) is 0 Å². The first-order valence-electron chi connectivity index (χ1n) is 18.6. The Morgan fingerprint density at radius 3 is 2.52 bits per heavy atom. The number of aromatic nitrogens is 3. The fourth-order valence-corrected chi connectivity index (χ4v) is 9.62. The molecule has 4 aliphatic rings. The van der Waals surface area contributed by atoms with Crippen LogP contribution in [-0.2, 0) is 29.2 Å². The van der Waals surface area contributed by atoms with E-state index >= 15 is 0 Å². The van der Waals surface area contributed by atoms with Crippen molar-refractivity contribution in [3.05, 3.63) is 48.5 Å². The standard InChI is InChI=1S/C38H47N7O7S2/c1-5-23-21-38(23,36(49)43-54(50,51)25-12-13-25)42-33(47)29-19-24(52-34-31-27(14-18-53-31)40-32(41-34)28-11-7-8-15-39-28)22-45(29)35(48)26(37(2,3)4)20-30(46)44-16-9-6-10-17-44/h5,7-8,11,14-15,18,23-26,29H,1,6,9-10,12-13,16-17,19-22H2,2-4H3,(H,42,47)(H,43,49)/t23-,24-,26?,29+,38-/m1/s1. The van der Waals surface area contributed by atoms with Gasteiger partial charge in [-0.05, 0) is 67.5 Å². The lowest BCUT2D eigenvalue weighted by molar-refractivity contribution is -0.148. The molecule has 4 fully saturated rings. The van der Waals surface area contributed by atoms with Gasteiger partial charge in [0.25, 0.3) is 5.91 Å². The van der Waals surface area contributed by atoms with E-state index in [4.69, 9.17) is 9.72 Å². The number of nitrogens with zero attached hydrogens (tertiary/aromatic N) is 5. The number of ether oxygens (including phenoxy) is 1. The molecule has 5 heterocycles. The number of pyridine rings is 1. The molecule has 0 aromatic carbocycles. The van der Waals surface area contributed by atoms with Crippen LogP contribution >= 0.6 is 11.3 Å². The van der Waals surface area contributed by atoms with Crippen LogP contribution in [0.15, 0.2) is 48.5 Å². The molecular weight excluding hydrogens is 731 g/mol. The van der Waals surface area contributed by atoms with Crippen molar-refractivity contribution in [3.8, 4) is 17.4 Å². The number of thiophene rings is 1. The smallest absolute Gasteiger partial charge is 0.259 e. The highest BCUT2D eigenvalue weighted by Crippen LogP contribution is 2.46. The summed E-state index contributed by atoms with van der Waals surface area (Å²) >= 11 is 1.40. The molecule has 4 amide bonds. The number of rotatable bonds is 12. The molecule has 0 spiro atoms. The van der Waals surface area contributed by atoms with Crippen LogP contribution in [0.25, 0.3) is 21.7 Å². The summed E-state index contributed by atoms with van der Waals surface area (Å²) in [6.45, 7) is 10.8. The van der Waals surface area contributed by atoms with Gasteiger partial charge >= 0.3 is 0 Å². The molecule has 3 aromatic heterocycles. The van der Waals surface area contributed by atoms with E-state index in [2.05, 4.69) is 26.6 Å². The topological polar surface area (TPSA) is 181 Å². The molecule has 2 aliphatic carbocycles. The van der Waals surface area contributed by atoms with Crippen molar-refractivity contribution in [2.24, 2.45) is 17.3 Å². The lowest BCUT2D eigenvalue weighted by atomic mass is 9.77. The average Bonchev–Trinajstić information content (AvgIpc) is 4.04. The third-order valence-electron chi connectivity index (χ3n) is 11.0. The van der Waals surface area contributed by atoms with Gasteiger partial charge in [-0.2, -0.15) is 4.98 Å². The van der Waals surface area contributed by atoms with Crippen LogP contribution in [0.5, 0.6) is 5.88 Å². The lowest BCUT2D eigenvalue weighted by Gasteiger charge is -2.36. The highest BCUT2D eigenvalue weighted by atomic mass is 32.2. The normalized spacial score (nSPS) is 24.8. The van der Waals surface area contributed by atoms with E-state index in [9.17, 15) is 27.6 Å². The number of amides is 4. The van der Waals surface area contributed by atoms with E-state index in [-0.39, 0.29) is 43.5 Å². The number of sulfonamides is 1. The molecule has 16 heteroatoms. The Bertz CT molecular complexity index is 2060. The zero-order valence-corrected chi connectivity index (χ0v) is 32.5. The van der Waals surface area contributed by atoms with E-state index in [1.807, 2.05) is 43.2 Å². The number of fused-ring (bicyclic) bond motifs is 1. The quantitative estimate of drug-likeness (QED) is 0.257. The van der Waals surface area contributed by atoms with E-state index in [1.54, 1.807) is 18.3 Å². The van der Waals surface area contributed by atoms with Gasteiger partial charge in [0.15, 0.2) is 5.82 Å². The van der Waals surface area contributed by atoms with Gasteiger partial charge < -0.3 is 19.9 Å². The van der Waals surface area contributed by atoms with Gasteiger partial charge in [0, 0.05) is 38.0 Å². The maximum Gasteiger partial charge on any atom is 0.259 e. The SMILES string of the molecule is C=C[C@@H]1C[C@]1(NC(=O)[C@@H]1C[C@@H](Oc2nc(-c3ccccn3)nc3ccsc23)CN1C(=O)C(CC(=O)N1CCCCC1)C(C)(C)C)C(=O)NS(=O)(=O)C1CC1. The molecule has 54 heavy (non-hydrogen) atoms. The summed E-state index contributed by atoms with van der Waals surface area (Å²) in [6, 6.07) is 6.18. The molecular formula is C38H47N7O7S2. The molecule has 0 radical (unpaired) electrons. The van der Waals surface area contributed by atoms with Gasteiger partial charge in [0.2, 0.25) is 33.6 Å². The number of carbonyl (C=O) groups is 4. The summed E-state index contributed by atoms with van der Waals surface area (Å²) < 4.78 is 34.9. The molecule has 14 nitrogen and oxygen atoms in total. The maximum atomic E-state index is 14.8. The van der Waals surface area contributed by atoms with Crippen LogP contribution in [0.1, 0.15) is 72.1 Å². The maximum absolute atomic E-state index is 14.8. The molecule has 5 atom stereocenters. The number of nitrogens with one attached hydrogen (secondary N) is 2. The van der Waals surface area contributed by atoms with Crippen LogP contribution in [0.4, 0.5) is 0 Å². The fraction of sp³-hybridized carbons (Fsp3) is 0.553. The second-order valence-corrected chi connectivity index (χ2v) is 18.8. The van der Waals surface area contributed by atoms with Crippen molar-refractivity contribution < 1.29 is 32.3 Å². The Labute approximate surface area is 319 Å². The lowest BCUT2D eigenvalue weighted by Crippen LogP contribution is -2.57. The van der Waals surface area contributed by atoms with E-state index in [0.29, 0.717) is 47.7 Å². The number of hydrogen-bond acceptors (Lipinski definition) is 11. The first kappa shape index (κ1) is 37.9. The van der Waals surface area contributed by atoms with Crippen LogP contribution in [-0.4, -0.2) is 99.4 Å². The number of carbonyl (C=O) groups excluding carboxylic acids is 4. The summed E-state index contributed by atoms with van der Waals surface area (Å²) in [5.74, 6) is -2.53. The molecule has 2 saturated carbocycles. The first-order chi connectivity index (χ1) is 25.7. The van der Waals surface area contributed by atoms with Crippen molar-refractivity contribution in [1.82, 2.24) is 34.8 Å². The molecule has 2 N–H and O–H groups in total. The Morgan fingerprint density at radius 2 is 1.87 bits per heavy atom. The second-order valence-electron chi connectivity index (χ2n) is 15.9. The first-order valence-corrected chi connectivity index (χ1v) is 21.0. The summed E-state index contributed by atoms with van der Waals surface area (Å²) in [6.07, 6.45) is 6.50. The highest BCUT2D eigenvalue weighted by Gasteiger charge is 2.62. The minimum absolute atomic E-state index is 0.0112. The number of hydrogen-bond donors (Lipinski definition) is 2. The van der Waals surface area contributed by atoms with Crippen molar-refractivity contribution in [2.75, 3.05) is 19.6 Å². The summed E-state index contributed by atoms with van der Waals surface area (Å²) in [7, 11) is -3.89. The van der Waals surface area contributed by atoms with E-state index in [1.165, 1.54) is 22.3 Å². The third-order valence-corrected chi connectivity index (χ3v) is 13.7. The van der Waals surface area contributed by atoms with Crippen molar-refractivity contribution in [3.63, 3.8) is 0 Å². The van der Waals surface area contributed by atoms with Crippen molar-refractivity contribution >= 4 is 55.2 Å². The molecule has 3 aromatic rings. The van der Waals surface area contributed by atoms with Gasteiger partial charge in [0.05, 0.1) is 23.2 Å². The fourth-order valence-electron chi connectivity index (χ4n) is 7.49. The summed E-state index contributed by atoms with van der Waals surface area (Å²) in [5, 5.41) is 4.09. The van der Waals surface area contributed by atoms with Crippen LogP contribution in [0, 0.1) is 17.3 Å². The second kappa shape index (κ2) is 14.7. The Morgan fingerprint density at radius 1 is 1.11 bits per heavy atom. The average molecular weight is 778 g/mol. The monoisotopic (exact) mass is 777 g/mol. The van der Waals surface area contributed by atoms with Gasteiger partial charge in [-0.3, -0.25) is 28.9 Å². The minimum atomic E-state index is -3.89. The highest BCUT2D eigenvalue weighted by molar-refractivity contribution is 7.91. The summed E-state index contributed by atoms with van der Waals surface area (Å²) in [4.78, 5) is 73.4. The molecule has 7 rings (SSSR count). The van der Waals surface area contributed by atoms with Gasteiger partial charge in [-0.15, -0.1) is 17.9 Å². The molecule has 2 aliphatic heterocycles. The van der Waals surface area contributed by atoms with Crippen molar-refractivity contribution in [1.29, 1.82) is 0 Å². The number of likely N-dealkylation sites (tertiary alicyclic amines) is 2. The molecule has 2 saturated heterocycles. The molecule has 288 valence electrons. The van der Waals surface area contributed by atoms with Crippen molar-refractivity contribution in [2.45, 2.75) is 95.1 Å². The zero-order chi connectivity index (χ0) is 38.4. The van der Waals surface area contributed by atoms with E-state index < -0.39 is 62.0 Å².